The molecule has 0 N–H and O–H groups in total. The molecule has 1 heteroatoms. The first kappa shape index (κ1) is 10.5. The molecule has 2 atom stereocenters. The molecular weight excluding hydrogens is 135 g/mol. The van der Waals surface area contributed by atoms with Gasteiger partial charge in [0.25, 0.3) is 0 Å². The van der Waals surface area contributed by atoms with Gasteiger partial charge in [-0.2, -0.15) is 0 Å². The fraction of sp³-hybridized carbons (Fsp3) is 1.00. The summed E-state index contributed by atoms with van der Waals surface area (Å²) in [6.07, 6.45) is 2.61. The van der Waals surface area contributed by atoms with Crippen LogP contribution in [0, 0.1) is 11.8 Å². The fourth-order valence-corrected chi connectivity index (χ4v) is 1.65. The molecule has 0 aromatic carbocycles. The molecule has 2 unspecified atom stereocenters. The van der Waals surface area contributed by atoms with Crippen LogP contribution in [0.4, 0.5) is 0 Å². The van der Waals surface area contributed by atoms with Crippen molar-refractivity contribution in [3.05, 3.63) is 0 Å². The van der Waals surface area contributed by atoms with E-state index in [1.165, 1.54) is 12.8 Å². The summed E-state index contributed by atoms with van der Waals surface area (Å²) in [7, 11) is 0. The van der Waals surface area contributed by atoms with Gasteiger partial charge in [0, 0.05) is 0 Å². The minimum atomic E-state index is 0.815. The van der Waals surface area contributed by atoms with Crippen LogP contribution in [0.1, 0.15) is 40.5 Å². The summed E-state index contributed by atoms with van der Waals surface area (Å²) in [5.74, 6) is 1.72. The molecule has 0 radical (unpaired) electrons. The summed E-state index contributed by atoms with van der Waals surface area (Å²) in [4.78, 5) is 0. The summed E-state index contributed by atoms with van der Waals surface area (Å²) in [5.41, 5.74) is 0. The third kappa shape index (κ3) is 3.08. The molecule has 0 aliphatic carbocycles. The maximum absolute atomic E-state index is 2.98. The Hall–Kier alpha value is 0.532. The van der Waals surface area contributed by atoms with Crippen molar-refractivity contribution in [2.45, 2.75) is 45.3 Å². The van der Waals surface area contributed by atoms with E-state index in [2.05, 4.69) is 44.0 Å². The molecule has 0 nitrogen and oxygen atoms in total. The molecule has 0 spiro atoms. The second-order valence-electron chi connectivity index (χ2n) is 3.35. The second-order valence-corrected chi connectivity index (χ2v) is 4.12. The number of hydrogen-bond acceptors (Lipinski definition) is 0. The topological polar surface area (TPSA) is 0 Å². The van der Waals surface area contributed by atoms with Crippen molar-refractivity contribution in [3.8, 4) is 0 Å². The van der Waals surface area contributed by atoms with Crippen LogP contribution in [-0.2, 0) is 0 Å². The van der Waals surface area contributed by atoms with Crippen LogP contribution < -0.4 is 0 Å². The molecule has 0 fully saturated rings. The van der Waals surface area contributed by atoms with Crippen molar-refractivity contribution in [1.82, 2.24) is 0 Å². The summed E-state index contributed by atoms with van der Waals surface area (Å²) in [6, 6.07) is 0. The molecule has 0 rings (SSSR count). The predicted molar refractivity (Wildman–Crippen MR) is 48.4 cm³/mol. The van der Waals surface area contributed by atoms with Gasteiger partial charge >= 0.3 is 73.4 Å². The molecule has 0 aromatic heterocycles. The van der Waals surface area contributed by atoms with Crippen molar-refractivity contribution in [1.29, 1.82) is 0 Å². The molecule has 10 heavy (non-hydrogen) atoms. The van der Waals surface area contributed by atoms with E-state index in [0.717, 1.165) is 16.6 Å². The Bertz CT molecular complexity index is 70.8. The van der Waals surface area contributed by atoms with Gasteiger partial charge < -0.3 is 0 Å². The van der Waals surface area contributed by atoms with Gasteiger partial charge in [-0.15, -0.1) is 0 Å². The third-order valence-corrected chi connectivity index (χ3v) is 3.92. The molecule has 0 heterocycles. The molecule has 0 saturated heterocycles. The van der Waals surface area contributed by atoms with Crippen molar-refractivity contribution < 1.29 is 0 Å². The molecule has 0 bridgehead atoms. The zero-order valence-corrected chi connectivity index (χ0v) is 8.88. The zero-order chi connectivity index (χ0) is 8.15. The molecule has 0 aromatic rings. The molecule has 0 aliphatic rings. The van der Waals surface area contributed by atoms with E-state index >= 15 is 0 Å². The minimum absolute atomic E-state index is 0.815. The number of hydrogen-bond donors (Lipinski definition) is 0. The summed E-state index contributed by atoms with van der Waals surface area (Å²) in [5, 5.41) is 0. The van der Waals surface area contributed by atoms with Gasteiger partial charge in [0.2, 0.25) is 0 Å². The van der Waals surface area contributed by atoms with Gasteiger partial charge in [0.1, 0.15) is 0 Å². The van der Waals surface area contributed by atoms with Gasteiger partial charge in [-0.05, 0) is 0 Å². The molecule has 56 valence electrons. The van der Waals surface area contributed by atoms with E-state index in [9.17, 15) is 0 Å². The SMILES string of the molecule is CCC(C)[CH]([Al+2])C(C)CC. The normalized spacial score (nSPS) is 20.2. The molecular formula is C9H19Al+2. The van der Waals surface area contributed by atoms with Crippen LogP contribution in [0.3, 0.4) is 0 Å². The van der Waals surface area contributed by atoms with E-state index in [0.29, 0.717) is 0 Å². The van der Waals surface area contributed by atoms with Crippen molar-refractivity contribution in [3.63, 3.8) is 0 Å². The van der Waals surface area contributed by atoms with Crippen LogP contribution in [-0.4, -0.2) is 16.3 Å². The summed E-state index contributed by atoms with van der Waals surface area (Å²) in [6.45, 7) is 9.21. The Morgan fingerprint density at radius 2 is 1.30 bits per heavy atom. The van der Waals surface area contributed by atoms with Gasteiger partial charge in [-0.25, -0.2) is 0 Å². The number of rotatable bonds is 4. The van der Waals surface area contributed by atoms with Crippen molar-refractivity contribution in [2.75, 3.05) is 0 Å². The standard InChI is InChI=1S/C9H19.Al/c1-5-8(3)7-9(4)6-2;/h7-9H,5-6H2,1-4H3;/q;+2. The first-order chi connectivity index (χ1) is 4.63. The molecule has 0 aliphatic heterocycles. The Labute approximate surface area is 73.8 Å². The zero-order valence-electron chi connectivity index (χ0n) is 7.72. The summed E-state index contributed by atoms with van der Waals surface area (Å²) < 4.78 is 0.815. The van der Waals surface area contributed by atoms with Gasteiger partial charge in [0.15, 0.2) is 0 Å². The quantitative estimate of drug-likeness (QED) is 0.546. The monoisotopic (exact) mass is 154 g/mol. The Kier molecular flexibility index (Phi) is 5.50. The fourth-order valence-electron chi connectivity index (χ4n) is 1.11. The second kappa shape index (κ2) is 5.22. The maximum atomic E-state index is 2.98. The summed E-state index contributed by atoms with van der Waals surface area (Å²) >= 11 is 2.98. The first-order valence-corrected chi connectivity index (χ1v) is 5.05. The van der Waals surface area contributed by atoms with Crippen molar-refractivity contribution >= 4 is 16.3 Å². The first-order valence-electron chi connectivity index (χ1n) is 4.39. The van der Waals surface area contributed by atoms with Crippen LogP contribution in [0.25, 0.3) is 0 Å². The van der Waals surface area contributed by atoms with E-state index in [-0.39, 0.29) is 0 Å². The van der Waals surface area contributed by atoms with E-state index in [1.807, 2.05) is 0 Å². The van der Waals surface area contributed by atoms with Crippen LogP contribution in [0.15, 0.2) is 0 Å². The predicted octanol–water partition coefficient (Wildman–Crippen LogP) is 3.04. The van der Waals surface area contributed by atoms with E-state index < -0.39 is 0 Å². The Morgan fingerprint density at radius 1 is 1.00 bits per heavy atom. The van der Waals surface area contributed by atoms with Gasteiger partial charge in [0.05, 0.1) is 0 Å². The van der Waals surface area contributed by atoms with Crippen LogP contribution in [0.2, 0.25) is 4.78 Å². The average Bonchev–Trinajstić information content (AvgIpc) is 2.00. The third-order valence-electron chi connectivity index (χ3n) is 2.60. The van der Waals surface area contributed by atoms with Crippen LogP contribution in [0.5, 0.6) is 0 Å². The molecule has 0 amide bonds. The van der Waals surface area contributed by atoms with Crippen molar-refractivity contribution in [2.24, 2.45) is 11.8 Å². The molecule has 0 saturated carbocycles. The van der Waals surface area contributed by atoms with Gasteiger partial charge in [-0.3, -0.25) is 0 Å². The Morgan fingerprint density at radius 3 is 1.50 bits per heavy atom. The van der Waals surface area contributed by atoms with Gasteiger partial charge in [-0.1, -0.05) is 0 Å². The average molecular weight is 154 g/mol. The van der Waals surface area contributed by atoms with Crippen LogP contribution >= 0.6 is 0 Å². The Balaban J connectivity index is 3.69. The van der Waals surface area contributed by atoms with E-state index in [4.69, 9.17) is 0 Å². The van der Waals surface area contributed by atoms with E-state index in [1.54, 1.807) is 0 Å².